The maximum absolute atomic E-state index is 15.0. The van der Waals surface area contributed by atoms with Crippen LogP contribution in [-0.2, 0) is 16.0 Å². The molecule has 8 atom stereocenters. The average Bonchev–Trinajstić information content (AvgIpc) is 3.51. The van der Waals surface area contributed by atoms with Crippen LogP contribution in [0.5, 0.6) is 0 Å². The number of nitrogens with one attached hydrogen (secondary N) is 1. The zero-order valence-corrected chi connectivity index (χ0v) is 31.3. The van der Waals surface area contributed by atoms with Gasteiger partial charge in [-0.2, -0.15) is 5.10 Å². The van der Waals surface area contributed by atoms with Gasteiger partial charge in [0, 0.05) is 51.0 Å². The number of ether oxygens (including phenoxy) is 1. The van der Waals surface area contributed by atoms with Crippen molar-refractivity contribution < 1.29 is 23.8 Å². The topological polar surface area (TPSA) is 116 Å². The van der Waals surface area contributed by atoms with Gasteiger partial charge in [0.1, 0.15) is 5.82 Å². The van der Waals surface area contributed by atoms with Crippen molar-refractivity contribution in [2.45, 2.75) is 103 Å². The van der Waals surface area contributed by atoms with E-state index < -0.39 is 5.82 Å². The quantitative estimate of drug-likeness (QED) is 0.256. The monoisotopic (exact) mass is 726 g/mol. The van der Waals surface area contributed by atoms with Crippen molar-refractivity contribution in [3.63, 3.8) is 0 Å². The summed E-state index contributed by atoms with van der Waals surface area (Å²) >= 11 is 0. The summed E-state index contributed by atoms with van der Waals surface area (Å²) in [6.07, 6.45) is 12.1. The lowest BCUT2D eigenvalue weighted by Crippen LogP contribution is -2.54. The molecule has 1 aliphatic heterocycles. The van der Waals surface area contributed by atoms with E-state index in [4.69, 9.17) is 4.74 Å². The molecule has 5 aliphatic rings. The summed E-state index contributed by atoms with van der Waals surface area (Å²) < 4.78 is 21.6. The molecular formula is C43H55FN4O5. The highest BCUT2D eigenvalue weighted by Crippen LogP contribution is 2.66. The van der Waals surface area contributed by atoms with Gasteiger partial charge in [-0.1, -0.05) is 38.1 Å². The Kier molecular flexibility index (Phi) is 9.98. The first-order valence-electron chi connectivity index (χ1n) is 20.2. The van der Waals surface area contributed by atoms with Crippen molar-refractivity contribution in [1.82, 2.24) is 20.0 Å². The third-order valence-corrected chi connectivity index (χ3v) is 14.7. The Morgan fingerprint density at radius 3 is 2.47 bits per heavy atom. The number of aromatic nitrogens is 2. The number of fused-ring (bicyclic) bond motifs is 6. The summed E-state index contributed by atoms with van der Waals surface area (Å²) in [5.74, 6) is 2.03. The summed E-state index contributed by atoms with van der Waals surface area (Å²) in [4.78, 5) is 42.3. The second kappa shape index (κ2) is 14.5. The van der Waals surface area contributed by atoms with Gasteiger partial charge in [0.05, 0.1) is 28.9 Å². The molecule has 2 heterocycles. The summed E-state index contributed by atoms with van der Waals surface area (Å²) in [6, 6.07) is 11.7. The molecule has 0 radical (unpaired) electrons. The molecule has 2 amide bonds. The maximum atomic E-state index is 15.0. The van der Waals surface area contributed by atoms with E-state index in [1.165, 1.54) is 44.6 Å². The first-order chi connectivity index (χ1) is 25.5. The molecule has 10 heteroatoms. The van der Waals surface area contributed by atoms with E-state index >= 15 is 0 Å². The van der Waals surface area contributed by atoms with Gasteiger partial charge in [-0.3, -0.25) is 14.4 Å². The number of benzene rings is 2. The predicted octanol–water partition coefficient (Wildman–Crippen LogP) is 6.51. The normalized spacial score (nSPS) is 32.6. The Hall–Kier alpha value is -3.63. The van der Waals surface area contributed by atoms with Crippen LogP contribution in [0.25, 0.3) is 10.8 Å². The Morgan fingerprint density at radius 2 is 1.66 bits per heavy atom. The molecule has 4 saturated carbocycles. The number of aliphatic hydroxyl groups excluding tert-OH is 1. The lowest BCUT2D eigenvalue weighted by molar-refractivity contribution is -0.142. The third-order valence-electron chi connectivity index (χ3n) is 14.7. The fourth-order valence-electron chi connectivity index (χ4n) is 11.7. The highest BCUT2D eigenvalue weighted by atomic mass is 19.1. The van der Waals surface area contributed by atoms with Crippen molar-refractivity contribution in [3.8, 4) is 0 Å². The van der Waals surface area contributed by atoms with Crippen LogP contribution in [-0.4, -0.2) is 81.9 Å². The van der Waals surface area contributed by atoms with Gasteiger partial charge in [0.2, 0.25) is 5.91 Å². The highest BCUT2D eigenvalue weighted by Gasteiger charge is 2.60. The predicted molar refractivity (Wildman–Crippen MR) is 201 cm³/mol. The number of rotatable bonds is 8. The molecule has 284 valence electrons. The van der Waals surface area contributed by atoms with Gasteiger partial charge in [-0.25, -0.2) is 9.49 Å². The van der Waals surface area contributed by atoms with Crippen molar-refractivity contribution in [3.05, 3.63) is 75.5 Å². The second-order valence-corrected chi connectivity index (χ2v) is 17.4. The number of piperazine rings is 1. The lowest BCUT2D eigenvalue weighted by Gasteiger charge is -2.60. The van der Waals surface area contributed by atoms with E-state index in [0.29, 0.717) is 85.9 Å². The van der Waals surface area contributed by atoms with Crippen LogP contribution in [0.1, 0.15) is 106 Å². The van der Waals surface area contributed by atoms with Crippen molar-refractivity contribution in [2.75, 3.05) is 32.8 Å². The van der Waals surface area contributed by atoms with Crippen molar-refractivity contribution >= 4 is 22.6 Å². The van der Waals surface area contributed by atoms with Crippen LogP contribution in [0.15, 0.2) is 47.3 Å². The van der Waals surface area contributed by atoms with E-state index in [2.05, 4.69) is 24.0 Å². The van der Waals surface area contributed by atoms with Gasteiger partial charge in [0.15, 0.2) is 0 Å². The van der Waals surface area contributed by atoms with Crippen LogP contribution < -0.4 is 5.56 Å². The van der Waals surface area contributed by atoms with Crippen LogP contribution in [0, 0.1) is 40.3 Å². The van der Waals surface area contributed by atoms with Crippen molar-refractivity contribution in [2.24, 2.45) is 34.5 Å². The smallest absolute Gasteiger partial charge is 0.272 e. The molecule has 1 saturated heterocycles. The molecule has 5 fully saturated rings. The number of carbonyl (C=O) groups is 2. The second-order valence-electron chi connectivity index (χ2n) is 17.4. The number of nitrogens with zero attached hydrogens (tertiary/aromatic N) is 3. The number of aromatic amines is 1. The number of amides is 2. The molecule has 9 nitrogen and oxygen atoms in total. The summed E-state index contributed by atoms with van der Waals surface area (Å²) in [5.41, 5.74) is 1.67. The Bertz CT molecular complexity index is 1910. The van der Waals surface area contributed by atoms with E-state index in [-0.39, 0.29) is 40.6 Å². The van der Waals surface area contributed by atoms with Crippen LogP contribution in [0.2, 0.25) is 0 Å². The van der Waals surface area contributed by atoms with Gasteiger partial charge in [-0.15, -0.1) is 0 Å². The molecule has 0 spiro atoms. The molecular weight excluding hydrogens is 671 g/mol. The minimum atomic E-state index is -0.585. The van der Waals surface area contributed by atoms with E-state index in [9.17, 15) is 23.9 Å². The number of carbonyl (C=O) groups excluding carboxylic acids is 2. The molecule has 8 rings (SSSR count). The zero-order valence-electron chi connectivity index (χ0n) is 31.3. The fourth-order valence-corrected chi connectivity index (χ4v) is 11.7. The first-order valence-corrected chi connectivity index (χ1v) is 20.2. The number of halogens is 1. The Balaban J connectivity index is 0.804. The maximum Gasteiger partial charge on any atom is 0.272 e. The van der Waals surface area contributed by atoms with Crippen LogP contribution >= 0.6 is 0 Å². The highest BCUT2D eigenvalue weighted by molar-refractivity contribution is 5.95. The lowest BCUT2D eigenvalue weighted by atomic mass is 9.45. The van der Waals surface area contributed by atoms with Crippen molar-refractivity contribution in [1.29, 1.82) is 0 Å². The summed E-state index contributed by atoms with van der Waals surface area (Å²) in [6.45, 7) is 7.14. The minimum Gasteiger partial charge on any atom is -0.393 e. The molecule has 0 bridgehead atoms. The SMILES string of the molecule is C[C@]12CC[C@@H](O)C[C@@H]1CC[C@@H]1[C@@H]2CC[C@]2(C)[C@@H](OCCCC(=O)N3CCN(C(=O)c4cc(Cc5n[nH]c(=O)c6ccccc56)ccc4F)CC3)CC[C@@H]12. The molecule has 3 aromatic rings. The zero-order chi connectivity index (χ0) is 36.9. The van der Waals surface area contributed by atoms with Gasteiger partial charge >= 0.3 is 0 Å². The first kappa shape index (κ1) is 36.4. The molecule has 4 aliphatic carbocycles. The molecule has 1 aromatic heterocycles. The third kappa shape index (κ3) is 6.72. The molecule has 2 N–H and O–H groups in total. The number of aliphatic hydroxyl groups is 1. The molecule has 2 aromatic carbocycles. The minimum absolute atomic E-state index is 0.000181. The summed E-state index contributed by atoms with van der Waals surface area (Å²) in [7, 11) is 0. The summed E-state index contributed by atoms with van der Waals surface area (Å²) in [5, 5.41) is 18.4. The van der Waals surface area contributed by atoms with Gasteiger partial charge < -0.3 is 19.6 Å². The van der Waals surface area contributed by atoms with Crippen LogP contribution in [0.4, 0.5) is 4.39 Å². The average molecular weight is 727 g/mol. The largest absolute Gasteiger partial charge is 0.393 e. The molecule has 53 heavy (non-hydrogen) atoms. The number of hydrogen-bond donors (Lipinski definition) is 2. The van der Waals surface area contributed by atoms with E-state index in [1.807, 2.05) is 17.0 Å². The van der Waals surface area contributed by atoms with Gasteiger partial charge in [-0.05, 0) is 122 Å². The standard InChI is InChI=1S/C43H55FN4O5/c1-42-17-15-29(49)26-28(42)10-11-32-34-12-14-38(43(34,2)18-16-35(32)42)53-23-5-8-39(50)47-19-21-48(22-20-47)41(52)33-24-27(9-13-36(33)44)25-37-30-6-3-4-7-31(30)40(51)46-45-37/h3-4,6-7,9,13,24,28-29,32,34-35,38,49H,5,8,10-12,14-23,25-26H2,1-2H3,(H,46,51)/t28-,29+,32-,34-,35-,38-,42-,43-/m0/s1. The van der Waals surface area contributed by atoms with Gasteiger partial charge in [0.25, 0.3) is 11.5 Å². The molecule has 0 unspecified atom stereocenters. The fraction of sp³-hybridized carbons (Fsp3) is 0.628. The Labute approximate surface area is 311 Å². The van der Waals surface area contributed by atoms with E-state index in [0.717, 1.165) is 36.5 Å². The number of hydrogen-bond acceptors (Lipinski definition) is 6. The van der Waals surface area contributed by atoms with E-state index in [1.54, 1.807) is 29.2 Å². The Morgan fingerprint density at radius 1 is 0.925 bits per heavy atom. The van der Waals surface area contributed by atoms with Crippen LogP contribution in [0.3, 0.4) is 0 Å². The number of H-pyrrole nitrogens is 1.